The van der Waals surface area contributed by atoms with Crippen LogP contribution in [0.5, 0.6) is 0 Å². The minimum Gasteiger partial charge on any atom is -0.481 e. The second kappa shape index (κ2) is 4.01. The van der Waals surface area contributed by atoms with E-state index in [9.17, 15) is 13.6 Å². The third kappa shape index (κ3) is 1.89. The maximum absolute atomic E-state index is 13.6. The minimum atomic E-state index is -1.21. The highest BCUT2D eigenvalue weighted by molar-refractivity contribution is 6.30. The molecule has 0 heterocycles. The Morgan fingerprint density at radius 2 is 2.06 bits per heavy atom. The minimum absolute atomic E-state index is 0.181. The number of aliphatic carboxylic acids is 1. The summed E-state index contributed by atoms with van der Waals surface area (Å²) >= 11 is 5.53. The van der Waals surface area contributed by atoms with Gasteiger partial charge in [-0.25, -0.2) is 8.78 Å². The van der Waals surface area contributed by atoms with E-state index in [1.807, 2.05) is 0 Å². The van der Waals surface area contributed by atoms with Crippen molar-refractivity contribution in [2.45, 2.75) is 18.8 Å². The van der Waals surface area contributed by atoms with Crippen LogP contribution in [-0.2, 0) is 4.79 Å². The first kappa shape index (κ1) is 11.3. The molecule has 1 aliphatic rings. The number of carboxylic acids is 1. The summed E-state index contributed by atoms with van der Waals surface area (Å²) in [7, 11) is 0. The van der Waals surface area contributed by atoms with Crippen molar-refractivity contribution in [1.29, 1.82) is 0 Å². The molecule has 86 valence electrons. The monoisotopic (exact) mass is 246 g/mol. The van der Waals surface area contributed by atoms with E-state index >= 15 is 0 Å². The fourth-order valence-corrected chi connectivity index (χ4v) is 1.98. The van der Waals surface area contributed by atoms with Crippen molar-refractivity contribution < 1.29 is 18.7 Å². The van der Waals surface area contributed by atoms with Crippen LogP contribution in [0, 0.1) is 17.6 Å². The van der Waals surface area contributed by atoms with Crippen LogP contribution in [0.15, 0.2) is 12.1 Å². The van der Waals surface area contributed by atoms with E-state index in [2.05, 4.69) is 0 Å². The van der Waals surface area contributed by atoms with E-state index in [-0.39, 0.29) is 10.9 Å². The summed E-state index contributed by atoms with van der Waals surface area (Å²) in [6, 6.07) is 2.08. The van der Waals surface area contributed by atoms with Crippen LogP contribution in [0.2, 0.25) is 5.02 Å². The van der Waals surface area contributed by atoms with Gasteiger partial charge in [0.2, 0.25) is 0 Å². The molecule has 0 saturated heterocycles. The lowest BCUT2D eigenvalue weighted by Crippen LogP contribution is -2.17. The van der Waals surface area contributed by atoms with Gasteiger partial charge in [0, 0.05) is 5.56 Å². The Labute approximate surface area is 95.8 Å². The zero-order valence-corrected chi connectivity index (χ0v) is 8.97. The first-order valence-corrected chi connectivity index (χ1v) is 5.26. The second-order valence-electron chi connectivity index (χ2n) is 3.91. The Balaban J connectivity index is 2.51. The summed E-state index contributed by atoms with van der Waals surface area (Å²) in [6.07, 6.45) is 1.37. The molecule has 5 heteroatoms. The van der Waals surface area contributed by atoms with Gasteiger partial charge in [0.1, 0.15) is 11.6 Å². The standard InChI is InChI=1S/C11H9ClF2O2/c12-6-3-4-7(13)9(10(6)14)8(11(15)16)5-1-2-5/h3-5,8H,1-2H2,(H,15,16). The van der Waals surface area contributed by atoms with Crippen molar-refractivity contribution in [3.63, 3.8) is 0 Å². The smallest absolute Gasteiger partial charge is 0.311 e. The number of halogens is 3. The molecule has 1 saturated carbocycles. The number of carboxylic acid groups (broad SMARTS) is 1. The Kier molecular flexibility index (Phi) is 2.84. The molecule has 1 N–H and O–H groups in total. The van der Waals surface area contributed by atoms with E-state index < -0.39 is 29.1 Å². The number of benzene rings is 1. The Morgan fingerprint density at radius 1 is 1.44 bits per heavy atom. The third-order valence-corrected chi connectivity index (χ3v) is 3.04. The van der Waals surface area contributed by atoms with Crippen molar-refractivity contribution in [2.75, 3.05) is 0 Å². The summed E-state index contributed by atoms with van der Waals surface area (Å²) in [5.41, 5.74) is -0.414. The summed E-state index contributed by atoms with van der Waals surface area (Å²) in [4.78, 5) is 11.0. The lowest BCUT2D eigenvalue weighted by atomic mass is 9.93. The molecule has 0 spiro atoms. The van der Waals surface area contributed by atoms with Gasteiger partial charge in [-0.1, -0.05) is 11.6 Å². The molecule has 1 aromatic carbocycles. The Bertz CT molecular complexity index is 444. The highest BCUT2D eigenvalue weighted by atomic mass is 35.5. The first-order valence-electron chi connectivity index (χ1n) is 4.88. The highest BCUT2D eigenvalue weighted by Crippen LogP contribution is 2.44. The maximum atomic E-state index is 13.6. The molecule has 1 atom stereocenters. The van der Waals surface area contributed by atoms with Crippen LogP contribution in [0.1, 0.15) is 24.3 Å². The highest BCUT2D eigenvalue weighted by Gasteiger charge is 2.40. The molecule has 1 fully saturated rings. The van der Waals surface area contributed by atoms with Crippen molar-refractivity contribution >= 4 is 17.6 Å². The summed E-state index contributed by atoms with van der Waals surface area (Å²) in [5, 5.41) is 8.75. The van der Waals surface area contributed by atoms with E-state index in [1.54, 1.807) is 0 Å². The molecule has 0 aromatic heterocycles. The predicted molar refractivity (Wildman–Crippen MR) is 54.5 cm³/mol. The molecule has 0 radical (unpaired) electrons. The third-order valence-electron chi connectivity index (χ3n) is 2.75. The fraction of sp³-hybridized carbons (Fsp3) is 0.364. The first-order chi connectivity index (χ1) is 7.52. The number of hydrogen-bond acceptors (Lipinski definition) is 1. The maximum Gasteiger partial charge on any atom is 0.311 e. The van der Waals surface area contributed by atoms with Crippen LogP contribution >= 0.6 is 11.6 Å². The molecular weight excluding hydrogens is 238 g/mol. The Morgan fingerprint density at radius 3 is 2.56 bits per heavy atom. The number of carbonyl (C=O) groups is 1. The molecule has 16 heavy (non-hydrogen) atoms. The van der Waals surface area contributed by atoms with Gasteiger partial charge in [0.05, 0.1) is 10.9 Å². The van der Waals surface area contributed by atoms with Gasteiger partial charge in [-0.2, -0.15) is 0 Å². The zero-order chi connectivity index (χ0) is 11.9. The second-order valence-corrected chi connectivity index (χ2v) is 4.32. The van der Waals surface area contributed by atoms with Crippen LogP contribution < -0.4 is 0 Å². The topological polar surface area (TPSA) is 37.3 Å². The molecule has 2 nitrogen and oxygen atoms in total. The lowest BCUT2D eigenvalue weighted by Gasteiger charge is -2.14. The molecule has 1 aliphatic carbocycles. The summed E-state index contributed by atoms with van der Waals surface area (Å²) in [6.45, 7) is 0. The average Bonchev–Trinajstić information content (AvgIpc) is 3.01. The van der Waals surface area contributed by atoms with Crippen molar-refractivity contribution in [2.24, 2.45) is 5.92 Å². The fourth-order valence-electron chi connectivity index (χ4n) is 1.82. The largest absolute Gasteiger partial charge is 0.481 e. The molecule has 1 aromatic rings. The lowest BCUT2D eigenvalue weighted by molar-refractivity contribution is -0.139. The average molecular weight is 247 g/mol. The van der Waals surface area contributed by atoms with Crippen LogP contribution in [0.3, 0.4) is 0 Å². The van der Waals surface area contributed by atoms with E-state index in [4.69, 9.17) is 16.7 Å². The van der Waals surface area contributed by atoms with Gasteiger partial charge in [0.15, 0.2) is 0 Å². The molecular formula is C11H9ClF2O2. The van der Waals surface area contributed by atoms with Gasteiger partial charge in [0.25, 0.3) is 0 Å². The quantitative estimate of drug-likeness (QED) is 0.832. The Hall–Kier alpha value is -1.16. The van der Waals surface area contributed by atoms with E-state index in [0.717, 1.165) is 12.1 Å². The van der Waals surface area contributed by atoms with E-state index in [1.165, 1.54) is 0 Å². The van der Waals surface area contributed by atoms with Crippen LogP contribution in [-0.4, -0.2) is 11.1 Å². The predicted octanol–water partition coefficient (Wildman–Crippen LogP) is 3.20. The zero-order valence-electron chi connectivity index (χ0n) is 8.21. The summed E-state index contributed by atoms with van der Waals surface area (Å²) < 4.78 is 27.1. The van der Waals surface area contributed by atoms with Gasteiger partial charge in [-0.15, -0.1) is 0 Å². The molecule has 0 aliphatic heterocycles. The molecule has 0 amide bonds. The van der Waals surface area contributed by atoms with Gasteiger partial charge >= 0.3 is 5.97 Å². The van der Waals surface area contributed by atoms with Crippen molar-refractivity contribution in [3.05, 3.63) is 34.4 Å². The van der Waals surface area contributed by atoms with Crippen molar-refractivity contribution in [1.82, 2.24) is 0 Å². The van der Waals surface area contributed by atoms with Gasteiger partial charge < -0.3 is 5.11 Å². The normalized spacial score (nSPS) is 17.2. The van der Waals surface area contributed by atoms with Crippen LogP contribution in [0.4, 0.5) is 8.78 Å². The number of hydrogen-bond donors (Lipinski definition) is 1. The van der Waals surface area contributed by atoms with Gasteiger partial charge in [-0.05, 0) is 30.9 Å². The summed E-state index contributed by atoms with van der Waals surface area (Å²) in [5.74, 6) is -4.32. The van der Waals surface area contributed by atoms with E-state index in [0.29, 0.717) is 12.8 Å². The van der Waals surface area contributed by atoms with Crippen molar-refractivity contribution in [3.8, 4) is 0 Å². The SMILES string of the molecule is O=C(O)C(c1c(F)ccc(Cl)c1F)C1CC1. The number of rotatable bonds is 3. The molecule has 2 rings (SSSR count). The van der Waals surface area contributed by atoms with Crippen LogP contribution in [0.25, 0.3) is 0 Å². The van der Waals surface area contributed by atoms with Gasteiger partial charge in [-0.3, -0.25) is 4.79 Å². The molecule has 1 unspecified atom stereocenters. The molecule has 0 bridgehead atoms.